The monoisotopic (exact) mass is 233 g/mol. The predicted octanol–water partition coefficient (Wildman–Crippen LogP) is 2.97. The molecule has 1 aliphatic carbocycles. The standard InChI is InChI=1S/C15H23NO/c1-4-16-11-15(10-12(15)3)13-6-8-14(9-7-13)17-5-2/h6-9,12,16H,4-5,10-11H2,1-3H3. The van der Waals surface area contributed by atoms with E-state index in [4.69, 9.17) is 4.74 Å². The maximum Gasteiger partial charge on any atom is 0.119 e. The molecular weight excluding hydrogens is 210 g/mol. The van der Waals surface area contributed by atoms with Gasteiger partial charge in [0.25, 0.3) is 0 Å². The molecule has 17 heavy (non-hydrogen) atoms. The molecule has 0 amide bonds. The number of likely N-dealkylation sites (N-methyl/N-ethyl adjacent to an activating group) is 1. The van der Waals surface area contributed by atoms with Crippen LogP contribution in [0.25, 0.3) is 0 Å². The maximum absolute atomic E-state index is 5.49. The molecule has 1 aromatic rings. The van der Waals surface area contributed by atoms with E-state index >= 15 is 0 Å². The molecule has 1 aliphatic rings. The minimum absolute atomic E-state index is 0.376. The molecule has 1 N–H and O–H groups in total. The van der Waals surface area contributed by atoms with Crippen LogP contribution in [-0.4, -0.2) is 19.7 Å². The molecule has 2 unspecified atom stereocenters. The third-order valence-electron chi connectivity index (χ3n) is 3.88. The Morgan fingerprint density at radius 1 is 1.29 bits per heavy atom. The van der Waals surface area contributed by atoms with E-state index in [-0.39, 0.29) is 0 Å². The number of hydrogen-bond donors (Lipinski definition) is 1. The molecule has 94 valence electrons. The Morgan fingerprint density at radius 3 is 2.41 bits per heavy atom. The molecule has 0 aromatic heterocycles. The van der Waals surface area contributed by atoms with Crippen molar-refractivity contribution in [3.8, 4) is 5.75 Å². The van der Waals surface area contributed by atoms with Crippen LogP contribution in [0.3, 0.4) is 0 Å². The fourth-order valence-electron chi connectivity index (χ4n) is 2.64. The molecule has 2 heteroatoms. The highest BCUT2D eigenvalue weighted by Gasteiger charge is 2.51. The third kappa shape index (κ3) is 2.47. The van der Waals surface area contributed by atoms with E-state index in [1.165, 1.54) is 12.0 Å². The van der Waals surface area contributed by atoms with Gasteiger partial charge >= 0.3 is 0 Å². The fraction of sp³-hybridized carbons (Fsp3) is 0.600. The van der Waals surface area contributed by atoms with Gasteiger partial charge in [0, 0.05) is 12.0 Å². The summed E-state index contributed by atoms with van der Waals surface area (Å²) in [6, 6.07) is 8.65. The summed E-state index contributed by atoms with van der Waals surface area (Å²) in [4.78, 5) is 0. The van der Waals surface area contributed by atoms with Crippen LogP contribution >= 0.6 is 0 Å². The topological polar surface area (TPSA) is 21.3 Å². The van der Waals surface area contributed by atoms with Crippen molar-refractivity contribution in [1.29, 1.82) is 0 Å². The molecule has 0 saturated heterocycles. The Kier molecular flexibility index (Phi) is 3.72. The first-order chi connectivity index (χ1) is 8.23. The van der Waals surface area contributed by atoms with Crippen LogP contribution in [0.5, 0.6) is 5.75 Å². The Bertz CT molecular complexity index is 360. The second-order valence-corrected chi connectivity index (χ2v) is 5.00. The smallest absolute Gasteiger partial charge is 0.119 e. The van der Waals surface area contributed by atoms with Crippen LogP contribution in [-0.2, 0) is 5.41 Å². The molecule has 2 rings (SSSR count). The average molecular weight is 233 g/mol. The quantitative estimate of drug-likeness (QED) is 0.815. The first-order valence-electron chi connectivity index (χ1n) is 6.67. The molecule has 2 atom stereocenters. The molecule has 0 bridgehead atoms. The zero-order valence-electron chi connectivity index (χ0n) is 11.1. The first kappa shape index (κ1) is 12.4. The lowest BCUT2D eigenvalue weighted by atomic mass is 9.93. The second kappa shape index (κ2) is 5.09. The maximum atomic E-state index is 5.49. The lowest BCUT2D eigenvalue weighted by molar-refractivity contribution is 0.340. The summed E-state index contributed by atoms with van der Waals surface area (Å²) >= 11 is 0. The van der Waals surface area contributed by atoms with Gasteiger partial charge < -0.3 is 10.1 Å². The normalized spacial score (nSPS) is 26.9. The molecule has 1 saturated carbocycles. The van der Waals surface area contributed by atoms with E-state index in [9.17, 15) is 0 Å². The van der Waals surface area contributed by atoms with Crippen LogP contribution < -0.4 is 10.1 Å². The van der Waals surface area contributed by atoms with E-state index in [0.29, 0.717) is 5.41 Å². The highest BCUT2D eigenvalue weighted by molar-refractivity contribution is 5.38. The molecule has 0 radical (unpaired) electrons. The minimum Gasteiger partial charge on any atom is -0.494 e. The number of nitrogens with one attached hydrogen (secondary N) is 1. The zero-order valence-corrected chi connectivity index (χ0v) is 11.1. The van der Waals surface area contributed by atoms with Gasteiger partial charge in [-0.25, -0.2) is 0 Å². The molecule has 2 nitrogen and oxygen atoms in total. The van der Waals surface area contributed by atoms with E-state index < -0.39 is 0 Å². The van der Waals surface area contributed by atoms with Crippen molar-refractivity contribution in [2.24, 2.45) is 5.92 Å². The van der Waals surface area contributed by atoms with Crippen molar-refractivity contribution < 1.29 is 4.74 Å². The highest BCUT2D eigenvalue weighted by Crippen LogP contribution is 2.53. The van der Waals surface area contributed by atoms with Gasteiger partial charge in [-0.3, -0.25) is 0 Å². The molecule has 1 aromatic carbocycles. The molecule has 0 aliphatic heterocycles. The Morgan fingerprint density at radius 2 is 1.94 bits per heavy atom. The van der Waals surface area contributed by atoms with E-state index in [1.807, 2.05) is 6.92 Å². The van der Waals surface area contributed by atoms with Crippen LogP contribution in [0.1, 0.15) is 32.8 Å². The van der Waals surface area contributed by atoms with Gasteiger partial charge in [-0.05, 0) is 43.5 Å². The molecule has 1 fully saturated rings. The van der Waals surface area contributed by atoms with Crippen molar-refractivity contribution in [3.63, 3.8) is 0 Å². The van der Waals surface area contributed by atoms with Crippen molar-refractivity contribution in [2.45, 2.75) is 32.6 Å². The Labute approximate surface area is 104 Å². The van der Waals surface area contributed by atoms with Gasteiger partial charge in [0.1, 0.15) is 5.75 Å². The lowest BCUT2D eigenvalue weighted by Crippen LogP contribution is -2.28. The molecule has 0 heterocycles. The van der Waals surface area contributed by atoms with Gasteiger partial charge in [0.05, 0.1) is 6.61 Å². The highest BCUT2D eigenvalue weighted by atomic mass is 16.5. The van der Waals surface area contributed by atoms with Crippen molar-refractivity contribution in [2.75, 3.05) is 19.7 Å². The summed E-state index contributed by atoms with van der Waals surface area (Å²) in [6.07, 6.45) is 1.30. The average Bonchev–Trinajstić information content (AvgIpc) is 3.00. The molecular formula is C15H23NO. The third-order valence-corrected chi connectivity index (χ3v) is 3.88. The zero-order chi connectivity index (χ0) is 12.3. The number of hydrogen-bond acceptors (Lipinski definition) is 2. The SMILES string of the molecule is CCNCC1(c2ccc(OCC)cc2)CC1C. The fourth-order valence-corrected chi connectivity index (χ4v) is 2.64. The number of ether oxygens (including phenoxy) is 1. The summed E-state index contributed by atoms with van der Waals surface area (Å²) in [5.74, 6) is 1.77. The lowest BCUT2D eigenvalue weighted by Gasteiger charge is -2.18. The van der Waals surface area contributed by atoms with Crippen LogP contribution in [0, 0.1) is 5.92 Å². The van der Waals surface area contributed by atoms with Gasteiger partial charge in [-0.1, -0.05) is 26.0 Å². The van der Waals surface area contributed by atoms with Crippen LogP contribution in [0.2, 0.25) is 0 Å². The van der Waals surface area contributed by atoms with Gasteiger partial charge in [-0.15, -0.1) is 0 Å². The second-order valence-electron chi connectivity index (χ2n) is 5.00. The summed E-state index contributed by atoms with van der Waals surface area (Å²) < 4.78 is 5.49. The minimum atomic E-state index is 0.376. The Hall–Kier alpha value is -1.02. The van der Waals surface area contributed by atoms with Crippen LogP contribution in [0.4, 0.5) is 0 Å². The number of benzene rings is 1. The predicted molar refractivity (Wildman–Crippen MR) is 71.6 cm³/mol. The van der Waals surface area contributed by atoms with E-state index in [0.717, 1.165) is 31.4 Å². The van der Waals surface area contributed by atoms with Crippen molar-refractivity contribution in [1.82, 2.24) is 5.32 Å². The van der Waals surface area contributed by atoms with Crippen LogP contribution in [0.15, 0.2) is 24.3 Å². The Balaban J connectivity index is 2.10. The van der Waals surface area contributed by atoms with E-state index in [1.54, 1.807) is 0 Å². The number of rotatable bonds is 6. The van der Waals surface area contributed by atoms with Gasteiger partial charge in [0.2, 0.25) is 0 Å². The summed E-state index contributed by atoms with van der Waals surface area (Å²) in [5.41, 5.74) is 1.83. The van der Waals surface area contributed by atoms with E-state index in [2.05, 4.69) is 43.4 Å². The summed E-state index contributed by atoms with van der Waals surface area (Å²) in [6.45, 7) is 9.40. The molecule has 0 spiro atoms. The van der Waals surface area contributed by atoms with Gasteiger partial charge in [0.15, 0.2) is 0 Å². The largest absolute Gasteiger partial charge is 0.494 e. The summed E-state index contributed by atoms with van der Waals surface area (Å²) in [7, 11) is 0. The summed E-state index contributed by atoms with van der Waals surface area (Å²) in [5, 5.41) is 3.49. The van der Waals surface area contributed by atoms with Gasteiger partial charge in [-0.2, -0.15) is 0 Å². The van der Waals surface area contributed by atoms with Crippen molar-refractivity contribution >= 4 is 0 Å². The first-order valence-corrected chi connectivity index (χ1v) is 6.67. The van der Waals surface area contributed by atoms with Crippen molar-refractivity contribution in [3.05, 3.63) is 29.8 Å².